The van der Waals surface area contributed by atoms with Crippen molar-refractivity contribution in [1.29, 1.82) is 0 Å². The molecule has 11 nitrogen and oxygen atoms in total. The Bertz CT molecular complexity index is 1420. The summed E-state index contributed by atoms with van der Waals surface area (Å²) in [6.45, 7) is 11.9. The first-order valence-corrected chi connectivity index (χ1v) is 13.5. The van der Waals surface area contributed by atoms with Crippen LogP contribution in [0.4, 0.5) is 22.2 Å². The van der Waals surface area contributed by atoms with Crippen molar-refractivity contribution in [3.63, 3.8) is 0 Å². The van der Waals surface area contributed by atoms with Crippen molar-refractivity contribution in [3.05, 3.63) is 54.6 Å². The Morgan fingerprint density at radius 3 is 2.72 bits per heavy atom. The summed E-state index contributed by atoms with van der Waals surface area (Å²) in [5, 5.41) is 11.0. The van der Waals surface area contributed by atoms with E-state index in [1.165, 1.54) is 5.56 Å². The number of rotatable bonds is 7. The van der Waals surface area contributed by atoms with Gasteiger partial charge in [0.1, 0.15) is 5.60 Å². The highest BCUT2D eigenvalue weighted by molar-refractivity contribution is 5.86. The van der Waals surface area contributed by atoms with Gasteiger partial charge in [-0.2, -0.15) is 15.1 Å². The first kappa shape index (κ1) is 26.5. The number of aromatic nitrogens is 6. The molecule has 2 N–H and O–H groups in total. The van der Waals surface area contributed by atoms with Crippen LogP contribution in [-0.4, -0.2) is 60.1 Å². The fourth-order valence-corrected chi connectivity index (χ4v) is 4.68. The first-order chi connectivity index (χ1) is 18.6. The van der Waals surface area contributed by atoms with Crippen LogP contribution in [0.15, 0.2) is 49.1 Å². The number of carbonyl (C=O) groups is 1. The second kappa shape index (κ2) is 10.9. The Hall–Kier alpha value is -4.15. The third-order valence-electron chi connectivity index (χ3n) is 6.47. The summed E-state index contributed by atoms with van der Waals surface area (Å²) < 4.78 is 9.40. The van der Waals surface area contributed by atoms with Crippen molar-refractivity contribution < 1.29 is 9.53 Å². The summed E-state index contributed by atoms with van der Waals surface area (Å²) in [5.74, 6) is 1.22. The molecule has 1 fully saturated rings. The average Bonchev–Trinajstić information content (AvgIpc) is 3.50. The average molecular weight is 532 g/mol. The second-order valence-corrected chi connectivity index (χ2v) is 11.3. The molecular formula is C28H37N9O2. The SMILES string of the molecule is CC(C)n1cnc2c(Nc3cnn(Cc4ccccc4)c3)nc(N3CCC[C@H](NC(=O)OC(C)(C)C)C3)nc21. The van der Waals surface area contributed by atoms with Crippen LogP contribution in [0.3, 0.4) is 0 Å². The molecule has 1 saturated heterocycles. The predicted octanol–water partition coefficient (Wildman–Crippen LogP) is 4.89. The summed E-state index contributed by atoms with van der Waals surface area (Å²) in [5.41, 5.74) is 2.91. The van der Waals surface area contributed by atoms with Crippen molar-refractivity contribution in [2.45, 2.75) is 71.7 Å². The standard InChI is InChI=1S/C28H37N9O2/c1-19(2)37-18-29-23-24(31-22-14-30-36(17-22)15-20-10-7-6-8-11-20)33-26(34-25(23)37)35-13-9-12-21(16-35)32-27(38)39-28(3,4)5/h6-8,10-11,14,17-19,21H,9,12-13,15-16H2,1-5H3,(H,32,38)(H,31,33,34)/t21-/m0/s1. The number of amides is 1. The lowest BCUT2D eigenvalue weighted by molar-refractivity contribution is 0.0500. The maximum atomic E-state index is 12.4. The van der Waals surface area contributed by atoms with Gasteiger partial charge in [-0.15, -0.1) is 0 Å². The largest absolute Gasteiger partial charge is 0.444 e. The molecule has 0 bridgehead atoms. The molecule has 11 heteroatoms. The van der Waals surface area contributed by atoms with Gasteiger partial charge in [-0.3, -0.25) is 4.68 Å². The maximum Gasteiger partial charge on any atom is 0.407 e. The smallest absolute Gasteiger partial charge is 0.407 e. The van der Waals surface area contributed by atoms with Crippen LogP contribution < -0.4 is 15.5 Å². The van der Waals surface area contributed by atoms with Gasteiger partial charge in [-0.25, -0.2) is 9.78 Å². The van der Waals surface area contributed by atoms with Crippen molar-refractivity contribution in [2.24, 2.45) is 0 Å². The van der Waals surface area contributed by atoms with Gasteiger partial charge < -0.3 is 24.8 Å². The van der Waals surface area contributed by atoms with Crippen LogP contribution in [0.2, 0.25) is 0 Å². The number of carbonyl (C=O) groups excluding carboxylic acids is 1. The molecule has 0 aliphatic carbocycles. The van der Waals surface area contributed by atoms with Crippen LogP contribution in [-0.2, 0) is 11.3 Å². The summed E-state index contributed by atoms with van der Waals surface area (Å²) in [7, 11) is 0. The molecule has 0 unspecified atom stereocenters. The number of piperidine rings is 1. The van der Waals surface area contributed by atoms with Gasteiger partial charge in [0.25, 0.3) is 0 Å². The van der Waals surface area contributed by atoms with Crippen LogP contribution in [0.5, 0.6) is 0 Å². The van der Waals surface area contributed by atoms with Crippen LogP contribution in [0, 0.1) is 0 Å². The number of ether oxygens (including phenoxy) is 1. The molecule has 39 heavy (non-hydrogen) atoms. The van der Waals surface area contributed by atoms with Crippen molar-refractivity contribution in [3.8, 4) is 0 Å². The zero-order chi connectivity index (χ0) is 27.6. The first-order valence-electron chi connectivity index (χ1n) is 13.5. The monoisotopic (exact) mass is 531 g/mol. The lowest BCUT2D eigenvalue weighted by atomic mass is 10.1. The van der Waals surface area contributed by atoms with Crippen LogP contribution >= 0.6 is 0 Å². The Kier molecular flexibility index (Phi) is 7.40. The maximum absolute atomic E-state index is 12.4. The number of nitrogens with zero attached hydrogens (tertiary/aromatic N) is 7. The molecule has 0 saturated carbocycles. The lowest BCUT2D eigenvalue weighted by Gasteiger charge is -2.33. The van der Waals surface area contributed by atoms with E-state index in [0.717, 1.165) is 30.7 Å². The van der Waals surface area contributed by atoms with E-state index >= 15 is 0 Å². The molecule has 206 valence electrons. The summed E-state index contributed by atoms with van der Waals surface area (Å²) in [6.07, 6.45) is 6.92. The highest BCUT2D eigenvalue weighted by Gasteiger charge is 2.27. The molecule has 1 atom stereocenters. The number of anilines is 3. The number of hydrogen-bond donors (Lipinski definition) is 2. The Morgan fingerprint density at radius 1 is 1.18 bits per heavy atom. The molecule has 1 aliphatic heterocycles. The van der Waals surface area contributed by atoms with E-state index < -0.39 is 11.7 Å². The van der Waals surface area contributed by atoms with Crippen molar-refractivity contribution in [2.75, 3.05) is 23.3 Å². The van der Waals surface area contributed by atoms with Crippen molar-refractivity contribution >= 4 is 34.7 Å². The molecule has 1 amide bonds. The molecule has 1 aromatic carbocycles. The fourth-order valence-electron chi connectivity index (χ4n) is 4.68. The van der Waals surface area contributed by atoms with Gasteiger partial charge in [0.2, 0.25) is 5.95 Å². The van der Waals surface area contributed by atoms with Gasteiger partial charge in [-0.1, -0.05) is 30.3 Å². The quantitative estimate of drug-likeness (QED) is 0.346. The zero-order valence-electron chi connectivity index (χ0n) is 23.3. The number of nitrogens with one attached hydrogen (secondary N) is 2. The van der Waals surface area contributed by atoms with Gasteiger partial charge in [0, 0.05) is 31.4 Å². The number of alkyl carbamates (subject to hydrolysis) is 1. The summed E-state index contributed by atoms with van der Waals surface area (Å²) in [6, 6.07) is 10.3. The van der Waals surface area contributed by atoms with E-state index in [1.807, 2.05) is 54.4 Å². The van der Waals surface area contributed by atoms with Crippen molar-refractivity contribution in [1.82, 2.24) is 34.6 Å². The highest BCUT2D eigenvalue weighted by Crippen LogP contribution is 2.28. The van der Waals surface area contributed by atoms with E-state index in [0.29, 0.717) is 30.4 Å². The fraction of sp³-hybridized carbons (Fsp3) is 0.464. The van der Waals surface area contributed by atoms with E-state index in [-0.39, 0.29) is 12.1 Å². The van der Waals surface area contributed by atoms with E-state index in [1.54, 1.807) is 12.5 Å². The molecule has 3 aromatic heterocycles. The third-order valence-corrected chi connectivity index (χ3v) is 6.47. The van der Waals surface area contributed by atoms with E-state index in [2.05, 4.69) is 51.6 Å². The third kappa shape index (κ3) is 6.47. The van der Waals surface area contributed by atoms with E-state index in [4.69, 9.17) is 14.7 Å². The van der Waals surface area contributed by atoms with Crippen LogP contribution in [0.25, 0.3) is 11.2 Å². The molecule has 0 spiro atoms. The Labute approximate surface area is 228 Å². The number of hydrogen-bond acceptors (Lipinski definition) is 8. The highest BCUT2D eigenvalue weighted by atomic mass is 16.6. The molecule has 4 heterocycles. The van der Waals surface area contributed by atoms with Gasteiger partial charge in [0.15, 0.2) is 17.0 Å². The molecule has 4 aromatic rings. The topological polar surface area (TPSA) is 115 Å². The second-order valence-electron chi connectivity index (χ2n) is 11.3. The minimum absolute atomic E-state index is 0.0597. The summed E-state index contributed by atoms with van der Waals surface area (Å²) in [4.78, 5) is 29.0. The Morgan fingerprint density at radius 2 is 1.97 bits per heavy atom. The van der Waals surface area contributed by atoms with Gasteiger partial charge >= 0.3 is 6.09 Å². The number of fused-ring (bicyclic) bond motifs is 1. The predicted molar refractivity (Wildman–Crippen MR) is 151 cm³/mol. The Balaban J connectivity index is 1.39. The minimum atomic E-state index is -0.544. The molecule has 0 radical (unpaired) electrons. The van der Waals surface area contributed by atoms with Crippen LogP contribution in [0.1, 0.15) is 59.1 Å². The normalized spacial score (nSPS) is 16.1. The molecular weight excluding hydrogens is 494 g/mol. The number of benzene rings is 1. The summed E-state index contributed by atoms with van der Waals surface area (Å²) >= 11 is 0. The number of imidazole rings is 1. The van der Waals surface area contributed by atoms with Gasteiger partial charge in [-0.05, 0) is 53.0 Å². The van der Waals surface area contributed by atoms with Gasteiger partial charge in [0.05, 0.1) is 24.8 Å². The molecule has 5 rings (SSSR count). The molecule has 1 aliphatic rings. The minimum Gasteiger partial charge on any atom is -0.444 e. The van der Waals surface area contributed by atoms with E-state index in [9.17, 15) is 4.79 Å². The lowest BCUT2D eigenvalue weighted by Crippen LogP contribution is -2.49. The zero-order valence-corrected chi connectivity index (χ0v) is 23.3.